The van der Waals surface area contributed by atoms with E-state index in [4.69, 9.17) is 0 Å². The van der Waals surface area contributed by atoms with Crippen molar-refractivity contribution in [1.82, 2.24) is 14.9 Å². The van der Waals surface area contributed by atoms with Crippen LogP contribution in [0.4, 0.5) is 13.2 Å². The van der Waals surface area contributed by atoms with Crippen LogP contribution in [0.3, 0.4) is 0 Å². The number of hydrogen-bond donors (Lipinski definition) is 1. The number of rotatable bonds is 4. The van der Waals surface area contributed by atoms with E-state index < -0.39 is 12.7 Å². The van der Waals surface area contributed by atoms with Gasteiger partial charge >= 0.3 is 6.18 Å². The summed E-state index contributed by atoms with van der Waals surface area (Å²) in [6.07, 6.45) is -2.04. The van der Waals surface area contributed by atoms with Gasteiger partial charge in [0.15, 0.2) is 0 Å². The fourth-order valence-electron chi connectivity index (χ4n) is 2.44. The summed E-state index contributed by atoms with van der Waals surface area (Å²) in [5, 5.41) is 2.43. The van der Waals surface area contributed by atoms with Gasteiger partial charge < -0.3 is 9.88 Å². The van der Waals surface area contributed by atoms with Crippen LogP contribution in [0.1, 0.15) is 30.3 Å². The second-order valence-corrected chi connectivity index (χ2v) is 5.34. The molecule has 1 saturated carbocycles. The third-order valence-electron chi connectivity index (χ3n) is 3.44. The topological polar surface area (TPSA) is 29.9 Å². The lowest BCUT2D eigenvalue weighted by molar-refractivity contribution is -0.125. The first kappa shape index (κ1) is 13.4. The molecule has 3 rings (SSSR count). The van der Waals surface area contributed by atoms with Gasteiger partial charge in [-0.25, -0.2) is 4.98 Å². The van der Waals surface area contributed by atoms with E-state index in [2.05, 4.69) is 14.9 Å². The lowest BCUT2D eigenvalue weighted by atomic mass is 10.2. The molecule has 6 heteroatoms. The van der Waals surface area contributed by atoms with Crippen molar-refractivity contribution in [2.24, 2.45) is 0 Å². The van der Waals surface area contributed by atoms with Gasteiger partial charge in [0, 0.05) is 6.04 Å². The van der Waals surface area contributed by atoms with Gasteiger partial charge in [0.2, 0.25) is 0 Å². The predicted octanol–water partition coefficient (Wildman–Crippen LogP) is 3.33. The molecule has 1 aliphatic rings. The highest BCUT2D eigenvalue weighted by Gasteiger charge is 2.29. The van der Waals surface area contributed by atoms with Gasteiger partial charge in [0.25, 0.3) is 0 Å². The van der Waals surface area contributed by atoms with Crippen LogP contribution in [-0.4, -0.2) is 22.3 Å². The van der Waals surface area contributed by atoms with Gasteiger partial charge in [0.1, 0.15) is 5.82 Å². The van der Waals surface area contributed by atoms with Gasteiger partial charge in [-0.15, -0.1) is 0 Å². The molecule has 0 saturated heterocycles. The maximum Gasteiger partial charge on any atom is 0.401 e. The molecule has 108 valence electrons. The SMILES string of the molecule is Cc1ccc2c(c1)nc(CNCC(F)(F)F)n2C1CC1. The number of nitrogens with one attached hydrogen (secondary N) is 1. The Hall–Kier alpha value is -1.56. The molecule has 0 atom stereocenters. The molecule has 20 heavy (non-hydrogen) atoms. The average molecular weight is 283 g/mol. The Morgan fingerprint density at radius 1 is 1.35 bits per heavy atom. The zero-order valence-corrected chi connectivity index (χ0v) is 11.2. The van der Waals surface area contributed by atoms with Gasteiger partial charge in [-0.3, -0.25) is 0 Å². The Kier molecular flexibility index (Phi) is 3.20. The van der Waals surface area contributed by atoms with Crippen molar-refractivity contribution in [1.29, 1.82) is 0 Å². The number of aromatic nitrogens is 2. The van der Waals surface area contributed by atoms with Crippen molar-refractivity contribution in [2.75, 3.05) is 6.54 Å². The standard InChI is InChI=1S/C14H16F3N3/c1-9-2-5-12-11(6-9)19-13(20(12)10-3-4-10)7-18-8-14(15,16)17/h2,5-6,10,18H,3-4,7-8H2,1H3. The highest BCUT2D eigenvalue weighted by molar-refractivity contribution is 5.77. The van der Waals surface area contributed by atoms with Crippen LogP contribution < -0.4 is 5.32 Å². The van der Waals surface area contributed by atoms with Crippen molar-refractivity contribution < 1.29 is 13.2 Å². The first-order valence-corrected chi connectivity index (χ1v) is 6.69. The fourth-order valence-corrected chi connectivity index (χ4v) is 2.44. The van der Waals surface area contributed by atoms with Crippen LogP contribution in [0.5, 0.6) is 0 Å². The number of nitrogens with zero attached hydrogens (tertiary/aromatic N) is 2. The first-order chi connectivity index (χ1) is 9.44. The predicted molar refractivity (Wildman–Crippen MR) is 70.5 cm³/mol. The van der Waals surface area contributed by atoms with E-state index in [1.165, 1.54) is 0 Å². The zero-order valence-electron chi connectivity index (χ0n) is 11.2. The molecule has 1 aromatic heterocycles. The lowest BCUT2D eigenvalue weighted by Gasteiger charge is -2.10. The maximum atomic E-state index is 12.2. The molecule has 0 amide bonds. The number of aryl methyl sites for hydroxylation is 1. The van der Waals surface area contributed by atoms with E-state index in [1.54, 1.807) is 0 Å². The van der Waals surface area contributed by atoms with Crippen LogP contribution in [0.25, 0.3) is 11.0 Å². The minimum Gasteiger partial charge on any atom is -0.324 e. The molecular formula is C14H16F3N3. The average Bonchev–Trinajstić information content (AvgIpc) is 3.10. The number of alkyl halides is 3. The largest absolute Gasteiger partial charge is 0.401 e. The zero-order chi connectivity index (χ0) is 14.3. The Balaban J connectivity index is 1.87. The molecule has 1 aromatic carbocycles. The molecule has 0 aliphatic heterocycles. The van der Waals surface area contributed by atoms with Gasteiger partial charge in [0.05, 0.1) is 24.1 Å². The van der Waals surface area contributed by atoms with Crippen LogP contribution in [-0.2, 0) is 6.54 Å². The molecule has 3 nitrogen and oxygen atoms in total. The summed E-state index contributed by atoms with van der Waals surface area (Å²) in [6, 6.07) is 6.38. The van der Waals surface area contributed by atoms with E-state index in [0.717, 1.165) is 29.4 Å². The van der Waals surface area contributed by atoms with Crippen molar-refractivity contribution in [3.05, 3.63) is 29.6 Å². The summed E-state index contributed by atoms with van der Waals surface area (Å²) in [5.74, 6) is 0.692. The summed E-state index contributed by atoms with van der Waals surface area (Å²) in [4.78, 5) is 4.49. The monoisotopic (exact) mass is 283 g/mol. The number of benzene rings is 1. The Labute approximate surface area is 114 Å². The second kappa shape index (κ2) is 4.77. The molecule has 2 aromatic rings. The van der Waals surface area contributed by atoms with Crippen molar-refractivity contribution in [2.45, 2.75) is 38.5 Å². The second-order valence-electron chi connectivity index (χ2n) is 5.34. The number of hydrogen-bond acceptors (Lipinski definition) is 2. The molecule has 0 unspecified atom stereocenters. The van der Waals surface area contributed by atoms with E-state index in [9.17, 15) is 13.2 Å². The Morgan fingerprint density at radius 2 is 2.10 bits per heavy atom. The quantitative estimate of drug-likeness (QED) is 0.932. The van der Waals surface area contributed by atoms with Crippen LogP contribution in [0.2, 0.25) is 0 Å². The minimum absolute atomic E-state index is 0.143. The van der Waals surface area contributed by atoms with Gasteiger partial charge in [-0.1, -0.05) is 6.07 Å². The van der Waals surface area contributed by atoms with Crippen molar-refractivity contribution in [3.63, 3.8) is 0 Å². The third-order valence-corrected chi connectivity index (χ3v) is 3.44. The molecule has 0 spiro atoms. The number of halogens is 3. The molecule has 0 radical (unpaired) electrons. The fraction of sp³-hybridized carbons (Fsp3) is 0.500. The van der Waals surface area contributed by atoms with E-state index in [1.807, 2.05) is 25.1 Å². The van der Waals surface area contributed by atoms with Crippen LogP contribution >= 0.6 is 0 Å². The maximum absolute atomic E-state index is 12.2. The molecule has 0 bridgehead atoms. The van der Waals surface area contributed by atoms with Crippen LogP contribution in [0.15, 0.2) is 18.2 Å². The van der Waals surface area contributed by atoms with E-state index in [0.29, 0.717) is 11.9 Å². The molecular weight excluding hydrogens is 267 g/mol. The molecule has 1 heterocycles. The number of imidazole rings is 1. The lowest BCUT2D eigenvalue weighted by Crippen LogP contribution is -2.29. The molecule has 1 N–H and O–H groups in total. The van der Waals surface area contributed by atoms with E-state index >= 15 is 0 Å². The van der Waals surface area contributed by atoms with Gasteiger partial charge in [-0.05, 0) is 37.5 Å². The van der Waals surface area contributed by atoms with E-state index in [-0.39, 0.29) is 6.54 Å². The Morgan fingerprint density at radius 3 is 2.75 bits per heavy atom. The summed E-state index contributed by atoms with van der Waals surface area (Å²) < 4.78 is 38.7. The summed E-state index contributed by atoms with van der Waals surface area (Å²) >= 11 is 0. The molecule has 1 fully saturated rings. The molecule has 1 aliphatic carbocycles. The van der Waals surface area contributed by atoms with Gasteiger partial charge in [-0.2, -0.15) is 13.2 Å². The van der Waals surface area contributed by atoms with Crippen molar-refractivity contribution >= 4 is 11.0 Å². The number of fused-ring (bicyclic) bond motifs is 1. The minimum atomic E-state index is -4.19. The highest BCUT2D eigenvalue weighted by atomic mass is 19.4. The summed E-state index contributed by atoms with van der Waals surface area (Å²) in [6.45, 7) is 1.14. The van der Waals surface area contributed by atoms with Crippen molar-refractivity contribution in [3.8, 4) is 0 Å². The third kappa shape index (κ3) is 2.80. The first-order valence-electron chi connectivity index (χ1n) is 6.69. The van der Waals surface area contributed by atoms with Crippen LogP contribution in [0, 0.1) is 6.92 Å². The normalized spacial score (nSPS) is 16.0. The Bertz CT molecular complexity index is 626. The summed E-state index contributed by atoms with van der Waals surface area (Å²) in [5.41, 5.74) is 2.98. The highest BCUT2D eigenvalue weighted by Crippen LogP contribution is 2.38. The smallest absolute Gasteiger partial charge is 0.324 e. The summed E-state index contributed by atoms with van der Waals surface area (Å²) in [7, 11) is 0.